The summed E-state index contributed by atoms with van der Waals surface area (Å²) in [4.78, 5) is 11.9. The molecule has 100 valence electrons. The molecular weight excluding hydrogens is 224 g/mol. The third-order valence-corrected chi connectivity index (χ3v) is 3.34. The number of amides is 2. The molecule has 3 nitrogen and oxygen atoms in total. The Balaban J connectivity index is 2.76. The molecule has 0 aromatic heterocycles. The van der Waals surface area contributed by atoms with Crippen molar-refractivity contribution in [1.82, 2.24) is 5.32 Å². The fourth-order valence-electron chi connectivity index (χ4n) is 1.73. The molecule has 2 N–H and O–H groups in total. The number of carbonyl (C=O) groups excluding carboxylic acids is 1. The number of anilines is 1. The highest BCUT2D eigenvalue weighted by molar-refractivity contribution is 5.91. The zero-order valence-corrected chi connectivity index (χ0v) is 12.0. The van der Waals surface area contributed by atoms with Crippen molar-refractivity contribution in [3.63, 3.8) is 0 Å². The second-order valence-corrected chi connectivity index (χ2v) is 5.09. The summed E-state index contributed by atoms with van der Waals surface area (Å²) in [6, 6.07) is 6.13. The van der Waals surface area contributed by atoms with Crippen LogP contribution in [0, 0.1) is 12.8 Å². The summed E-state index contributed by atoms with van der Waals surface area (Å²) in [5, 5.41) is 5.92. The Morgan fingerprint density at radius 1 is 1.28 bits per heavy atom. The predicted molar refractivity (Wildman–Crippen MR) is 77.0 cm³/mol. The highest BCUT2D eigenvalue weighted by Gasteiger charge is 2.12. The smallest absolute Gasteiger partial charge is 0.319 e. The van der Waals surface area contributed by atoms with E-state index in [4.69, 9.17) is 0 Å². The van der Waals surface area contributed by atoms with Gasteiger partial charge in [-0.25, -0.2) is 4.79 Å². The molecule has 0 spiro atoms. The number of carbonyl (C=O) groups is 1. The zero-order valence-electron chi connectivity index (χ0n) is 12.0. The Kier molecular flexibility index (Phi) is 5.20. The van der Waals surface area contributed by atoms with Crippen LogP contribution in [0.25, 0.3) is 0 Å². The first-order valence-corrected chi connectivity index (χ1v) is 6.61. The van der Waals surface area contributed by atoms with Crippen LogP contribution in [0.2, 0.25) is 0 Å². The van der Waals surface area contributed by atoms with E-state index >= 15 is 0 Å². The number of benzene rings is 1. The first-order valence-electron chi connectivity index (χ1n) is 6.61. The van der Waals surface area contributed by atoms with E-state index in [1.165, 1.54) is 5.56 Å². The van der Waals surface area contributed by atoms with Crippen molar-refractivity contribution in [1.29, 1.82) is 0 Å². The summed E-state index contributed by atoms with van der Waals surface area (Å²) in [5.74, 6) is 0.429. The Labute approximate surface area is 110 Å². The Morgan fingerprint density at radius 2 is 1.94 bits per heavy atom. The molecule has 0 fully saturated rings. The van der Waals surface area contributed by atoms with Crippen LogP contribution in [0.1, 0.15) is 38.8 Å². The van der Waals surface area contributed by atoms with Gasteiger partial charge in [0.25, 0.3) is 0 Å². The maximum atomic E-state index is 11.9. The molecule has 0 radical (unpaired) electrons. The van der Waals surface area contributed by atoms with Gasteiger partial charge < -0.3 is 10.6 Å². The number of hydrogen-bond acceptors (Lipinski definition) is 1. The van der Waals surface area contributed by atoms with Gasteiger partial charge in [-0.15, -0.1) is 0 Å². The lowest BCUT2D eigenvalue weighted by atomic mass is 10.1. The van der Waals surface area contributed by atoms with Gasteiger partial charge >= 0.3 is 6.03 Å². The summed E-state index contributed by atoms with van der Waals surface area (Å²) in [6.07, 6.45) is 0.914. The number of rotatable bonds is 4. The Morgan fingerprint density at radius 3 is 2.50 bits per heavy atom. The van der Waals surface area contributed by atoms with E-state index in [1.807, 2.05) is 26.0 Å². The average Bonchev–Trinajstić information content (AvgIpc) is 2.31. The van der Waals surface area contributed by atoms with Crippen LogP contribution in [0.4, 0.5) is 10.5 Å². The fourth-order valence-corrected chi connectivity index (χ4v) is 1.73. The fraction of sp³-hybridized carbons (Fsp3) is 0.533. The molecule has 2 amide bonds. The number of hydrogen-bond donors (Lipinski definition) is 2. The van der Waals surface area contributed by atoms with Gasteiger partial charge in [0, 0.05) is 11.7 Å². The Bertz CT molecular complexity index is 413. The molecule has 0 heterocycles. The highest BCUT2D eigenvalue weighted by Crippen LogP contribution is 2.20. The van der Waals surface area contributed by atoms with Crippen LogP contribution in [0.5, 0.6) is 0 Å². The van der Waals surface area contributed by atoms with Gasteiger partial charge in [0.15, 0.2) is 0 Å². The van der Waals surface area contributed by atoms with E-state index < -0.39 is 0 Å². The minimum atomic E-state index is -0.125. The summed E-state index contributed by atoms with van der Waals surface area (Å²) < 4.78 is 0. The monoisotopic (exact) mass is 248 g/mol. The molecule has 0 aliphatic heterocycles. The van der Waals surface area contributed by atoms with E-state index in [-0.39, 0.29) is 12.1 Å². The number of nitrogens with one attached hydrogen (secondary N) is 2. The molecule has 0 aliphatic rings. The van der Waals surface area contributed by atoms with Gasteiger partial charge in [0.05, 0.1) is 0 Å². The lowest BCUT2D eigenvalue weighted by Crippen LogP contribution is -2.39. The zero-order chi connectivity index (χ0) is 13.7. The van der Waals surface area contributed by atoms with Crippen LogP contribution in [0.3, 0.4) is 0 Å². The van der Waals surface area contributed by atoms with Crippen molar-refractivity contribution in [3.05, 3.63) is 29.3 Å². The minimum absolute atomic E-state index is 0.125. The van der Waals surface area contributed by atoms with Crippen molar-refractivity contribution < 1.29 is 4.79 Å². The van der Waals surface area contributed by atoms with Crippen LogP contribution in [-0.2, 0) is 6.42 Å². The van der Waals surface area contributed by atoms with Crippen molar-refractivity contribution in [3.8, 4) is 0 Å². The van der Waals surface area contributed by atoms with Crippen LogP contribution < -0.4 is 10.6 Å². The SMILES string of the molecule is CCc1cccc(C)c1NC(=O)N[C@@H](C)C(C)C. The lowest BCUT2D eigenvalue weighted by Gasteiger charge is -2.19. The third kappa shape index (κ3) is 3.76. The number of aryl methyl sites for hydroxylation is 2. The van der Waals surface area contributed by atoms with E-state index in [9.17, 15) is 4.79 Å². The molecule has 1 rings (SSSR count). The second kappa shape index (κ2) is 6.43. The first kappa shape index (κ1) is 14.6. The van der Waals surface area contributed by atoms with Crippen molar-refractivity contribution in [2.24, 2.45) is 5.92 Å². The van der Waals surface area contributed by atoms with Crippen molar-refractivity contribution >= 4 is 11.7 Å². The maximum absolute atomic E-state index is 11.9. The molecule has 1 aromatic rings. The summed E-state index contributed by atoms with van der Waals surface area (Å²) >= 11 is 0. The lowest BCUT2D eigenvalue weighted by molar-refractivity contribution is 0.246. The van der Waals surface area contributed by atoms with Gasteiger partial charge in [-0.1, -0.05) is 39.0 Å². The van der Waals surface area contributed by atoms with Gasteiger partial charge in [-0.05, 0) is 37.3 Å². The van der Waals surface area contributed by atoms with Gasteiger partial charge in [-0.2, -0.15) is 0 Å². The largest absolute Gasteiger partial charge is 0.335 e. The third-order valence-electron chi connectivity index (χ3n) is 3.34. The predicted octanol–water partition coefficient (Wildman–Crippen LogP) is 3.72. The molecule has 1 aromatic carbocycles. The quantitative estimate of drug-likeness (QED) is 0.837. The second-order valence-electron chi connectivity index (χ2n) is 5.09. The molecular formula is C15H24N2O. The topological polar surface area (TPSA) is 41.1 Å². The average molecular weight is 248 g/mol. The number of urea groups is 1. The molecule has 18 heavy (non-hydrogen) atoms. The molecule has 0 bridgehead atoms. The first-order chi connectivity index (χ1) is 8.45. The maximum Gasteiger partial charge on any atom is 0.319 e. The van der Waals surface area contributed by atoms with Crippen LogP contribution in [-0.4, -0.2) is 12.1 Å². The van der Waals surface area contributed by atoms with Gasteiger partial charge in [0.1, 0.15) is 0 Å². The minimum Gasteiger partial charge on any atom is -0.335 e. The number of para-hydroxylation sites is 1. The molecule has 1 atom stereocenters. The van der Waals surface area contributed by atoms with Crippen LogP contribution >= 0.6 is 0 Å². The summed E-state index contributed by atoms with van der Waals surface area (Å²) in [6.45, 7) is 10.3. The summed E-state index contributed by atoms with van der Waals surface area (Å²) in [7, 11) is 0. The molecule has 3 heteroatoms. The standard InChI is InChI=1S/C15H24N2O/c1-6-13-9-7-8-11(4)14(13)17-15(18)16-12(5)10(2)3/h7-10,12H,6H2,1-5H3,(H2,16,17,18)/t12-/m0/s1. The molecule has 0 unspecified atom stereocenters. The Hall–Kier alpha value is -1.51. The van der Waals surface area contributed by atoms with Crippen molar-refractivity contribution in [2.75, 3.05) is 5.32 Å². The van der Waals surface area contributed by atoms with E-state index in [0.29, 0.717) is 5.92 Å². The molecule has 0 saturated heterocycles. The van der Waals surface area contributed by atoms with Gasteiger partial charge in [-0.3, -0.25) is 0 Å². The van der Waals surface area contributed by atoms with E-state index in [2.05, 4.69) is 37.5 Å². The molecule has 0 aliphatic carbocycles. The highest BCUT2D eigenvalue weighted by atomic mass is 16.2. The normalized spacial score (nSPS) is 12.3. The summed E-state index contributed by atoms with van der Waals surface area (Å²) in [5.41, 5.74) is 3.21. The van der Waals surface area contributed by atoms with Crippen LogP contribution in [0.15, 0.2) is 18.2 Å². The van der Waals surface area contributed by atoms with Crippen molar-refractivity contribution in [2.45, 2.75) is 47.1 Å². The van der Waals surface area contributed by atoms with E-state index in [1.54, 1.807) is 0 Å². The van der Waals surface area contributed by atoms with Gasteiger partial charge in [0.2, 0.25) is 0 Å². The van der Waals surface area contributed by atoms with E-state index in [0.717, 1.165) is 17.7 Å². The molecule has 0 saturated carbocycles.